The highest BCUT2D eigenvalue weighted by Crippen LogP contribution is 2.29. The normalized spacial score (nSPS) is 17.5. The maximum atomic E-state index is 6.15. The van der Waals surface area contributed by atoms with E-state index in [1.54, 1.807) is 0 Å². The maximum absolute atomic E-state index is 6.15. The van der Waals surface area contributed by atoms with Gasteiger partial charge in [-0.05, 0) is 48.9 Å². The molecule has 0 spiro atoms. The predicted octanol–water partition coefficient (Wildman–Crippen LogP) is 3.62. The predicted molar refractivity (Wildman–Crippen MR) is 111 cm³/mol. The van der Waals surface area contributed by atoms with Gasteiger partial charge in [-0.25, -0.2) is 0 Å². The third-order valence-corrected chi connectivity index (χ3v) is 5.12. The Morgan fingerprint density at radius 3 is 2.88 bits per heavy atom. The number of hydrogen-bond donors (Lipinski definition) is 2. The fraction of sp³-hybridized carbons (Fsp3) is 0.381. The lowest BCUT2D eigenvalue weighted by Gasteiger charge is -2.21. The Hall–Kier alpha value is -2.20. The van der Waals surface area contributed by atoms with Gasteiger partial charge in [0.25, 0.3) is 0 Å². The van der Waals surface area contributed by atoms with Crippen LogP contribution in [0.5, 0.6) is 0 Å². The number of benzene rings is 2. The number of anilines is 1. The molecule has 2 aromatic carbocycles. The second-order valence-corrected chi connectivity index (χ2v) is 7.36. The molecule has 0 radical (unpaired) electrons. The van der Waals surface area contributed by atoms with Crippen molar-refractivity contribution < 1.29 is 0 Å². The van der Waals surface area contributed by atoms with Crippen molar-refractivity contribution in [2.45, 2.75) is 19.8 Å². The second-order valence-electron chi connectivity index (χ2n) is 6.92. The lowest BCUT2D eigenvalue weighted by atomic mass is 10.1. The Kier molecular flexibility index (Phi) is 6.40. The zero-order chi connectivity index (χ0) is 18.4. The van der Waals surface area contributed by atoms with Crippen LogP contribution in [0.2, 0.25) is 5.02 Å². The van der Waals surface area contributed by atoms with Crippen molar-refractivity contribution in [3.63, 3.8) is 0 Å². The van der Waals surface area contributed by atoms with Crippen LogP contribution in [0, 0.1) is 12.8 Å². The van der Waals surface area contributed by atoms with E-state index in [9.17, 15) is 0 Å². The molecule has 1 atom stereocenters. The molecule has 3 rings (SSSR count). The van der Waals surface area contributed by atoms with Crippen molar-refractivity contribution in [1.82, 2.24) is 5.32 Å². The monoisotopic (exact) mass is 370 g/mol. The molecule has 3 N–H and O–H groups in total. The van der Waals surface area contributed by atoms with E-state index in [0.29, 0.717) is 11.9 Å². The average molecular weight is 371 g/mol. The summed E-state index contributed by atoms with van der Waals surface area (Å²) in [6.07, 6.45) is 2.08. The number of halogens is 1. The number of aryl methyl sites for hydroxylation is 1. The van der Waals surface area contributed by atoms with Crippen molar-refractivity contribution in [3.8, 4) is 0 Å². The maximum Gasteiger partial charge on any atom is 0.188 e. The zero-order valence-corrected chi connectivity index (χ0v) is 16.0. The SMILES string of the molecule is Cc1ccc(Cl)cc1N1CCC(CN=C(N)NCCc2ccccc2)C1. The summed E-state index contributed by atoms with van der Waals surface area (Å²) < 4.78 is 0. The molecule has 1 fully saturated rings. The highest BCUT2D eigenvalue weighted by molar-refractivity contribution is 6.30. The van der Waals surface area contributed by atoms with Gasteiger partial charge in [0.15, 0.2) is 5.96 Å². The van der Waals surface area contributed by atoms with E-state index in [4.69, 9.17) is 17.3 Å². The van der Waals surface area contributed by atoms with Gasteiger partial charge in [0, 0.05) is 36.9 Å². The van der Waals surface area contributed by atoms with Crippen LogP contribution in [0.4, 0.5) is 5.69 Å². The molecule has 138 valence electrons. The van der Waals surface area contributed by atoms with Crippen LogP contribution in [0.3, 0.4) is 0 Å². The molecule has 1 unspecified atom stereocenters. The van der Waals surface area contributed by atoms with Crippen molar-refractivity contribution in [2.24, 2.45) is 16.6 Å². The van der Waals surface area contributed by atoms with Crippen LogP contribution < -0.4 is 16.0 Å². The van der Waals surface area contributed by atoms with Crippen LogP contribution in [0.1, 0.15) is 17.5 Å². The first-order valence-corrected chi connectivity index (χ1v) is 9.58. The largest absolute Gasteiger partial charge is 0.371 e. The van der Waals surface area contributed by atoms with Crippen molar-refractivity contribution in [1.29, 1.82) is 0 Å². The molecule has 1 aliphatic heterocycles. The van der Waals surface area contributed by atoms with Crippen LogP contribution in [0.15, 0.2) is 53.5 Å². The van der Waals surface area contributed by atoms with Crippen LogP contribution >= 0.6 is 11.6 Å². The number of hydrogen-bond acceptors (Lipinski definition) is 2. The molecular formula is C21H27ClN4. The van der Waals surface area contributed by atoms with Gasteiger partial charge < -0.3 is 16.0 Å². The molecule has 0 amide bonds. The fourth-order valence-corrected chi connectivity index (χ4v) is 3.55. The van der Waals surface area contributed by atoms with Gasteiger partial charge in [0.1, 0.15) is 0 Å². The first-order valence-electron chi connectivity index (χ1n) is 9.20. The number of nitrogens with one attached hydrogen (secondary N) is 1. The van der Waals surface area contributed by atoms with Gasteiger partial charge in [0.2, 0.25) is 0 Å². The molecule has 1 heterocycles. The molecule has 0 saturated carbocycles. The van der Waals surface area contributed by atoms with E-state index in [1.165, 1.54) is 16.8 Å². The quantitative estimate of drug-likeness (QED) is 0.603. The van der Waals surface area contributed by atoms with Gasteiger partial charge in [-0.3, -0.25) is 4.99 Å². The number of guanidine groups is 1. The van der Waals surface area contributed by atoms with Gasteiger partial charge in [-0.2, -0.15) is 0 Å². The van der Waals surface area contributed by atoms with Gasteiger partial charge in [-0.15, -0.1) is 0 Å². The topological polar surface area (TPSA) is 53.6 Å². The highest BCUT2D eigenvalue weighted by Gasteiger charge is 2.23. The summed E-state index contributed by atoms with van der Waals surface area (Å²) >= 11 is 6.15. The molecule has 0 aromatic heterocycles. The minimum absolute atomic E-state index is 0.530. The van der Waals surface area contributed by atoms with Gasteiger partial charge in [-0.1, -0.05) is 48.0 Å². The smallest absolute Gasteiger partial charge is 0.188 e. The first kappa shape index (κ1) is 18.6. The van der Waals surface area contributed by atoms with Crippen molar-refractivity contribution in [2.75, 3.05) is 31.1 Å². The summed E-state index contributed by atoms with van der Waals surface area (Å²) in [5, 5.41) is 4.00. The molecule has 5 heteroatoms. The minimum Gasteiger partial charge on any atom is -0.371 e. The van der Waals surface area contributed by atoms with Gasteiger partial charge >= 0.3 is 0 Å². The number of aliphatic imine (C=N–C) groups is 1. The van der Waals surface area contributed by atoms with E-state index in [-0.39, 0.29) is 0 Å². The summed E-state index contributed by atoms with van der Waals surface area (Å²) in [7, 11) is 0. The number of nitrogens with two attached hydrogens (primary N) is 1. The van der Waals surface area contributed by atoms with E-state index >= 15 is 0 Å². The Morgan fingerprint density at radius 2 is 2.08 bits per heavy atom. The molecular weight excluding hydrogens is 344 g/mol. The fourth-order valence-electron chi connectivity index (χ4n) is 3.39. The Balaban J connectivity index is 1.44. The van der Waals surface area contributed by atoms with E-state index in [0.717, 1.165) is 44.0 Å². The molecule has 4 nitrogen and oxygen atoms in total. The van der Waals surface area contributed by atoms with Crippen molar-refractivity contribution in [3.05, 3.63) is 64.7 Å². The summed E-state index contributed by atoms with van der Waals surface area (Å²) in [5.74, 6) is 1.07. The summed E-state index contributed by atoms with van der Waals surface area (Å²) in [6.45, 7) is 5.74. The van der Waals surface area contributed by atoms with Gasteiger partial charge in [0.05, 0.1) is 0 Å². The average Bonchev–Trinajstić information content (AvgIpc) is 3.12. The Bertz CT molecular complexity index is 745. The van der Waals surface area contributed by atoms with Crippen molar-refractivity contribution >= 4 is 23.2 Å². The Morgan fingerprint density at radius 1 is 1.27 bits per heavy atom. The lowest BCUT2D eigenvalue weighted by Crippen LogP contribution is -2.34. The standard InChI is InChI=1S/C21H27ClN4/c1-16-7-8-19(22)13-20(16)26-12-10-18(15-26)14-25-21(23)24-11-9-17-5-3-2-4-6-17/h2-8,13,18H,9-12,14-15H2,1H3,(H3,23,24,25). The molecule has 0 bridgehead atoms. The molecule has 0 aliphatic carbocycles. The highest BCUT2D eigenvalue weighted by atomic mass is 35.5. The molecule has 26 heavy (non-hydrogen) atoms. The minimum atomic E-state index is 0.530. The second kappa shape index (κ2) is 8.95. The summed E-state index contributed by atoms with van der Waals surface area (Å²) in [4.78, 5) is 6.94. The van der Waals surface area contributed by atoms with Crippen LogP contribution in [0.25, 0.3) is 0 Å². The lowest BCUT2D eigenvalue weighted by molar-refractivity contribution is 0.601. The summed E-state index contributed by atoms with van der Waals surface area (Å²) in [6, 6.07) is 16.5. The van der Waals surface area contributed by atoms with E-state index in [2.05, 4.69) is 58.5 Å². The third kappa shape index (κ3) is 5.15. The van der Waals surface area contributed by atoms with E-state index in [1.807, 2.05) is 12.1 Å². The molecule has 1 aliphatic rings. The molecule has 2 aromatic rings. The van der Waals surface area contributed by atoms with E-state index < -0.39 is 0 Å². The number of rotatable bonds is 6. The third-order valence-electron chi connectivity index (χ3n) is 4.88. The van der Waals surface area contributed by atoms with Crippen LogP contribution in [-0.2, 0) is 6.42 Å². The first-order chi connectivity index (χ1) is 12.6. The number of nitrogens with zero attached hydrogens (tertiary/aromatic N) is 2. The zero-order valence-electron chi connectivity index (χ0n) is 15.3. The molecule has 1 saturated heterocycles. The summed E-state index contributed by atoms with van der Waals surface area (Å²) in [5.41, 5.74) is 9.81. The Labute approximate surface area is 161 Å². The van der Waals surface area contributed by atoms with Crippen LogP contribution in [-0.4, -0.2) is 32.1 Å².